The van der Waals surface area contributed by atoms with Crippen molar-refractivity contribution in [3.63, 3.8) is 0 Å². The summed E-state index contributed by atoms with van der Waals surface area (Å²) >= 11 is 0. The predicted molar refractivity (Wildman–Crippen MR) is 58.2 cm³/mol. The van der Waals surface area contributed by atoms with Gasteiger partial charge in [0, 0.05) is 0 Å². The van der Waals surface area contributed by atoms with Crippen LogP contribution in [0.25, 0.3) is 0 Å². The van der Waals surface area contributed by atoms with Gasteiger partial charge in [-0.1, -0.05) is 20.8 Å². The number of ether oxygens (including phenoxy) is 1. The smallest absolute Gasteiger partial charge is 0.0745 e. The Morgan fingerprint density at radius 2 is 2.14 bits per heavy atom. The minimum Gasteiger partial charge on any atom is -0.391 e. The molecule has 2 unspecified atom stereocenters. The van der Waals surface area contributed by atoms with Gasteiger partial charge in [0.05, 0.1) is 18.8 Å². The Morgan fingerprint density at radius 3 is 2.64 bits per heavy atom. The zero-order valence-electron chi connectivity index (χ0n) is 9.92. The molecule has 0 aromatic rings. The zero-order valence-corrected chi connectivity index (χ0v) is 9.92. The molecule has 2 heteroatoms. The van der Waals surface area contributed by atoms with E-state index in [1.54, 1.807) is 6.92 Å². The highest BCUT2D eigenvalue weighted by atomic mass is 16.5. The minimum absolute atomic E-state index is 0.333. The van der Waals surface area contributed by atoms with Gasteiger partial charge >= 0.3 is 0 Å². The molecule has 1 N–H and O–H groups in total. The van der Waals surface area contributed by atoms with Crippen LogP contribution in [0.3, 0.4) is 0 Å². The highest BCUT2D eigenvalue weighted by Crippen LogP contribution is 2.41. The molecule has 14 heavy (non-hydrogen) atoms. The Balaban J connectivity index is 2.32. The summed E-state index contributed by atoms with van der Waals surface area (Å²) in [7, 11) is 0. The van der Waals surface area contributed by atoms with Crippen molar-refractivity contribution in [2.75, 3.05) is 6.61 Å². The van der Waals surface area contributed by atoms with Crippen molar-refractivity contribution in [2.24, 2.45) is 11.3 Å². The van der Waals surface area contributed by atoms with Crippen molar-refractivity contribution in [3.05, 3.63) is 0 Å². The first kappa shape index (κ1) is 12.0. The summed E-state index contributed by atoms with van der Waals surface area (Å²) in [6, 6.07) is 0. The first-order valence-electron chi connectivity index (χ1n) is 5.71. The summed E-state index contributed by atoms with van der Waals surface area (Å²) in [5.41, 5.74) is 0.463. The Morgan fingerprint density at radius 1 is 1.50 bits per heavy atom. The highest BCUT2D eigenvalue weighted by molar-refractivity contribution is 4.84. The van der Waals surface area contributed by atoms with E-state index in [0.717, 1.165) is 18.8 Å². The van der Waals surface area contributed by atoms with Gasteiger partial charge in [0.2, 0.25) is 0 Å². The van der Waals surface area contributed by atoms with E-state index in [1.807, 2.05) is 0 Å². The molecule has 1 rings (SSSR count). The summed E-state index contributed by atoms with van der Waals surface area (Å²) in [5, 5.41) is 9.13. The third kappa shape index (κ3) is 3.25. The van der Waals surface area contributed by atoms with Crippen LogP contribution in [0.5, 0.6) is 0 Å². The topological polar surface area (TPSA) is 29.5 Å². The molecule has 1 saturated carbocycles. The summed E-state index contributed by atoms with van der Waals surface area (Å²) in [6.07, 6.45) is 3.55. The van der Waals surface area contributed by atoms with Gasteiger partial charge in [-0.05, 0) is 37.5 Å². The molecule has 84 valence electrons. The largest absolute Gasteiger partial charge is 0.391 e. The average molecular weight is 200 g/mol. The van der Waals surface area contributed by atoms with Crippen LogP contribution in [-0.2, 0) is 4.74 Å². The number of rotatable bonds is 3. The molecule has 0 spiro atoms. The third-order valence-corrected chi connectivity index (χ3v) is 3.63. The van der Waals surface area contributed by atoms with E-state index in [1.165, 1.54) is 6.42 Å². The highest BCUT2D eigenvalue weighted by Gasteiger charge is 2.33. The quantitative estimate of drug-likeness (QED) is 0.759. The normalized spacial score (nSPS) is 34.1. The van der Waals surface area contributed by atoms with Crippen LogP contribution in [0, 0.1) is 11.3 Å². The molecule has 0 radical (unpaired) electrons. The fourth-order valence-corrected chi connectivity index (χ4v) is 2.04. The summed E-state index contributed by atoms with van der Waals surface area (Å²) < 4.78 is 5.66. The van der Waals surface area contributed by atoms with Gasteiger partial charge < -0.3 is 9.84 Å². The molecule has 1 fully saturated rings. The molecular weight excluding hydrogens is 176 g/mol. The zero-order chi connectivity index (χ0) is 10.8. The van der Waals surface area contributed by atoms with E-state index in [4.69, 9.17) is 9.84 Å². The first-order chi connectivity index (χ1) is 6.42. The second-order valence-corrected chi connectivity index (χ2v) is 5.47. The van der Waals surface area contributed by atoms with Crippen LogP contribution >= 0.6 is 0 Å². The standard InChI is InChI=1S/C12H24O2/c1-9-7-11(14-8-10(2)13)5-6-12(9,3)4/h9-11,13H,5-8H2,1-4H3/t9-,10?,11?/m0/s1. The van der Waals surface area contributed by atoms with Crippen molar-refractivity contribution >= 4 is 0 Å². The van der Waals surface area contributed by atoms with Crippen LogP contribution in [0.15, 0.2) is 0 Å². The molecule has 3 atom stereocenters. The number of hydrogen-bond donors (Lipinski definition) is 1. The van der Waals surface area contributed by atoms with Crippen LogP contribution in [0.2, 0.25) is 0 Å². The van der Waals surface area contributed by atoms with Crippen molar-refractivity contribution < 1.29 is 9.84 Å². The lowest BCUT2D eigenvalue weighted by Crippen LogP contribution is -2.34. The lowest BCUT2D eigenvalue weighted by Gasteiger charge is -2.40. The second-order valence-electron chi connectivity index (χ2n) is 5.47. The van der Waals surface area contributed by atoms with Crippen molar-refractivity contribution in [1.82, 2.24) is 0 Å². The van der Waals surface area contributed by atoms with Crippen LogP contribution in [-0.4, -0.2) is 23.9 Å². The molecular formula is C12H24O2. The summed E-state index contributed by atoms with van der Waals surface area (Å²) in [6.45, 7) is 9.23. The SMILES string of the molecule is CC(O)COC1CCC(C)(C)[C@@H](C)C1. The fraction of sp³-hybridized carbons (Fsp3) is 1.00. The van der Waals surface area contributed by atoms with Gasteiger partial charge in [-0.2, -0.15) is 0 Å². The van der Waals surface area contributed by atoms with Gasteiger partial charge in [-0.15, -0.1) is 0 Å². The number of hydrogen-bond acceptors (Lipinski definition) is 2. The van der Waals surface area contributed by atoms with E-state index in [9.17, 15) is 0 Å². The summed E-state index contributed by atoms with van der Waals surface area (Å²) in [4.78, 5) is 0. The molecule has 0 aromatic heterocycles. The maximum absolute atomic E-state index is 9.13. The first-order valence-corrected chi connectivity index (χ1v) is 5.71. The predicted octanol–water partition coefficient (Wildman–Crippen LogP) is 2.60. The molecule has 0 aliphatic heterocycles. The van der Waals surface area contributed by atoms with Crippen molar-refractivity contribution in [3.8, 4) is 0 Å². The van der Waals surface area contributed by atoms with E-state index in [0.29, 0.717) is 18.1 Å². The third-order valence-electron chi connectivity index (χ3n) is 3.63. The monoisotopic (exact) mass is 200 g/mol. The fourth-order valence-electron chi connectivity index (χ4n) is 2.04. The lowest BCUT2D eigenvalue weighted by molar-refractivity contribution is -0.0490. The molecule has 1 aliphatic carbocycles. The Labute approximate surface area is 87.7 Å². The second kappa shape index (κ2) is 4.63. The Kier molecular flexibility index (Phi) is 3.96. The van der Waals surface area contributed by atoms with E-state index >= 15 is 0 Å². The lowest BCUT2D eigenvalue weighted by atomic mass is 9.69. The van der Waals surface area contributed by atoms with Gasteiger partial charge in [-0.25, -0.2) is 0 Å². The van der Waals surface area contributed by atoms with Gasteiger partial charge in [-0.3, -0.25) is 0 Å². The van der Waals surface area contributed by atoms with Crippen molar-refractivity contribution in [2.45, 2.75) is 59.2 Å². The molecule has 0 bridgehead atoms. The summed E-state index contributed by atoms with van der Waals surface area (Å²) in [5.74, 6) is 0.718. The van der Waals surface area contributed by atoms with Crippen molar-refractivity contribution in [1.29, 1.82) is 0 Å². The molecule has 0 aromatic carbocycles. The van der Waals surface area contributed by atoms with E-state index in [-0.39, 0.29) is 6.10 Å². The molecule has 1 aliphatic rings. The molecule has 0 saturated heterocycles. The van der Waals surface area contributed by atoms with Crippen LogP contribution < -0.4 is 0 Å². The number of aliphatic hydroxyl groups is 1. The number of aliphatic hydroxyl groups excluding tert-OH is 1. The van der Waals surface area contributed by atoms with Crippen LogP contribution in [0.4, 0.5) is 0 Å². The molecule has 0 heterocycles. The van der Waals surface area contributed by atoms with E-state index < -0.39 is 0 Å². The Bertz CT molecular complexity index is 173. The molecule has 2 nitrogen and oxygen atoms in total. The minimum atomic E-state index is -0.333. The average Bonchev–Trinajstić information content (AvgIpc) is 2.07. The van der Waals surface area contributed by atoms with Crippen LogP contribution in [0.1, 0.15) is 47.0 Å². The molecule has 0 amide bonds. The van der Waals surface area contributed by atoms with Gasteiger partial charge in [0.15, 0.2) is 0 Å². The van der Waals surface area contributed by atoms with Gasteiger partial charge in [0.1, 0.15) is 0 Å². The maximum atomic E-state index is 9.13. The maximum Gasteiger partial charge on any atom is 0.0745 e. The van der Waals surface area contributed by atoms with E-state index in [2.05, 4.69) is 20.8 Å². The Hall–Kier alpha value is -0.0800. The van der Waals surface area contributed by atoms with Gasteiger partial charge in [0.25, 0.3) is 0 Å².